The summed E-state index contributed by atoms with van der Waals surface area (Å²) in [6, 6.07) is 0.555. The third-order valence-corrected chi connectivity index (χ3v) is 3.44. The number of nitrogens with one attached hydrogen (secondary N) is 1. The van der Waals surface area contributed by atoms with Crippen molar-refractivity contribution in [3.05, 3.63) is 0 Å². The highest BCUT2D eigenvalue weighted by molar-refractivity contribution is 5.81. The summed E-state index contributed by atoms with van der Waals surface area (Å²) in [4.78, 5) is 13.8. The second-order valence-electron chi connectivity index (χ2n) is 4.46. The first kappa shape index (κ1) is 9.97. The quantitative estimate of drug-likeness (QED) is 0.736. The summed E-state index contributed by atoms with van der Waals surface area (Å²) < 4.78 is 0. The number of nitrogens with zero attached hydrogens (tertiary/aromatic N) is 1. The Hall–Kier alpha value is -0.570. The average molecular weight is 196 g/mol. The van der Waals surface area contributed by atoms with Gasteiger partial charge in [-0.05, 0) is 18.8 Å². The lowest BCUT2D eigenvalue weighted by atomic mass is 10.2. The van der Waals surface area contributed by atoms with E-state index in [4.69, 9.17) is 0 Å². The molecule has 0 bridgehead atoms. The van der Waals surface area contributed by atoms with Crippen LogP contribution in [-0.2, 0) is 4.79 Å². The number of hydrogen-bond acceptors (Lipinski definition) is 2. The van der Waals surface area contributed by atoms with Gasteiger partial charge in [0.2, 0.25) is 5.91 Å². The summed E-state index contributed by atoms with van der Waals surface area (Å²) in [5, 5.41) is 3.30. The zero-order valence-corrected chi connectivity index (χ0v) is 9.12. The van der Waals surface area contributed by atoms with Gasteiger partial charge in [-0.3, -0.25) is 10.1 Å². The van der Waals surface area contributed by atoms with E-state index in [9.17, 15) is 4.79 Å². The highest BCUT2D eigenvalue weighted by atomic mass is 16.2. The fraction of sp³-hybridized carbons (Fsp3) is 0.909. The number of hydrogen-bond donors (Lipinski definition) is 1. The molecule has 0 aromatic carbocycles. The molecule has 1 heterocycles. The molecule has 2 aliphatic rings. The Labute approximate surface area is 85.8 Å². The molecule has 2 fully saturated rings. The van der Waals surface area contributed by atoms with Crippen LogP contribution in [0.3, 0.4) is 0 Å². The molecule has 14 heavy (non-hydrogen) atoms. The Morgan fingerprint density at radius 2 is 2.29 bits per heavy atom. The SMILES string of the molecule is CCCC1NCC(=O)N1C1CC1CC. The van der Waals surface area contributed by atoms with Crippen LogP contribution in [-0.4, -0.2) is 29.6 Å². The lowest BCUT2D eigenvalue weighted by Crippen LogP contribution is -2.39. The molecule has 1 amide bonds. The van der Waals surface area contributed by atoms with E-state index in [1.807, 2.05) is 0 Å². The van der Waals surface area contributed by atoms with Crippen LogP contribution in [0.15, 0.2) is 0 Å². The molecule has 3 atom stereocenters. The molecule has 3 nitrogen and oxygen atoms in total. The number of carbonyl (C=O) groups is 1. The van der Waals surface area contributed by atoms with Crippen molar-refractivity contribution < 1.29 is 4.79 Å². The van der Waals surface area contributed by atoms with E-state index < -0.39 is 0 Å². The molecule has 0 aromatic rings. The van der Waals surface area contributed by atoms with Crippen molar-refractivity contribution in [2.24, 2.45) is 5.92 Å². The van der Waals surface area contributed by atoms with Gasteiger partial charge in [-0.25, -0.2) is 0 Å². The molecule has 2 rings (SSSR count). The van der Waals surface area contributed by atoms with Gasteiger partial charge < -0.3 is 4.90 Å². The third-order valence-electron chi connectivity index (χ3n) is 3.44. The van der Waals surface area contributed by atoms with Gasteiger partial charge in [0.25, 0.3) is 0 Å². The molecule has 1 aliphatic carbocycles. The molecule has 1 saturated heterocycles. The lowest BCUT2D eigenvalue weighted by molar-refractivity contribution is -0.128. The van der Waals surface area contributed by atoms with E-state index in [1.54, 1.807) is 0 Å². The number of rotatable bonds is 4. The van der Waals surface area contributed by atoms with Crippen LogP contribution in [0.4, 0.5) is 0 Å². The van der Waals surface area contributed by atoms with Crippen molar-refractivity contribution in [2.45, 2.75) is 51.7 Å². The van der Waals surface area contributed by atoms with E-state index in [0.717, 1.165) is 18.8 Å². The predicted octanol–water partition coefficient (Wildman–Crippen LogP) is 1.34. The molecular formula is C11H20N2O. The second kappa shape index (κ2) is 3.89. The molecule has 1 saturated carbocycles. The van der Waals surface area contributed by atoms with Gasteiger partial charge in [0, 0.05) is 6.04 Å². The lowest BCUT2D eigenvalue weighted by Gasteiger charge is -2.24. The fourth-order valence-corrected chi connectivity index (χ4v) is 2.51. The summed E-state index contributed by atoms with van der Waals surface area (Å²) in [5.74, 6) is 1.09. The Bertz CT molecular complexity index is 229. The first-order valence-corrected chi connectivity index (χ1v) is 5.82. The van der Waals surface area contributed by atoms with Gasteiger partial charge >= 0.3 is 0 Å². The van der Waals surface area contributed by atoms with Crippen LogP contribution < -0.4 is 5.32 Å². The van der Waals surface area contributed by atoms with Crippen LogP contribution in [0.2, 0.25) is 0 Å². The van der Waals surface area contributed by atoms with Crippen molar-refractivity contribution in [3.63, 3.8) is 0 Å². The zero-order chi connectivity index (χ0) is 10.1. The predicted molar refractivity (Wildman–Crippen MR) is 55.7 cm³/mol. The largest absolute Gasteiger partial charge is 0.323 e. The van der Waals surface area contributed by atoms with Crippen LogP contribution >= 0.6 is 0 Å². The Kier molecular flexibility index (Phi) is 2.77. The van der Waals surface area contributed by atoms with E-state index in [1.165, 1.54) is 12.8 Å². The van der Waals surface area contributed by atoms with Gasteiger partial charge in [0.1, 0.15) is 0 Å². The normalized spacial score (nSPS) is 36.6. The maximum Gasteiger partial charge on any atom is 0.238 e. The van der Waals surface area contributed by atoms with Crippen molar-refractivity contribution in [3.8, 4) is 0 Å². The van der Waals surface area contributed by atoms with Gasteiger partial charge in [-0.2, -0.15) is 0 Å². The highest BCUT2D eigenvalue weighted by Crippen LogP contribution is 2.40. The van der Waals surface area contributed by atoms with E-state index >= 15 is 0 Å². The van der Waals surface area contributed by atoms with Crippen LogP contribution in [0.1, 0.15) is 39.5 Å². The maximum atomic E-state index is 11.7. The minimum absolute atomic E-state index is 0.310. The number of carbonyl (C=O) groups excluding carboxylic acids is 1. The molecule has 0 aromatic heterocycles. The van der Waals surface area contributed by atoms with E-state index in [0.29, 0.717) is 24.7 Å². The topological polar surface area (TPSA) is 32.3 Å². The zero-order valence-electron chi connectivity index (χ0n) is 9.12. The van der Waals surface area contributed by atoms with Crippen molar-refractivity contribution >= 4 is 5.91 Å². The molecule has 3 unspecified atom stereocenters. The van der Waals surface area contributed by atoms with E-state index in [-0.39, 0.29) is 0 Å². The van der Waals surface area contributed by atoms with Gasteiger partial charge in [-0.15, -0.1) is 0 Å². The summed E-state index contributed by atoms with van der Waals surface area (Å²) >= 11 is 0. The molecule has 80 valence electrons. The standard InChI is InChI=1S/C11H20N2O/c1-3-5-10-12-7-11(14)13(10)9-6-8(9)4-2/h8-10,12H,3-7H2,1-2H3. The van der Waals surface area contributed by atoms with Crippen LogP contribution in [0, 0.1) is 5.92 Å². The molecule has 3 heteroatoms. The smallest absolute Gasteiger partial charge is 0.238 e. The van der Waals surface area contributed by atoms with Crippen molar-refractivity contribution in [1.29, 1.82) is 0 Å². The first-order valence-electron chi connectivity index (χ1n) is 5.82. The van der Waals surface area contributed by atoms with Gasteiger partial charge in [-0.1, -0.05) is 26.7 Å². The molecule has 1 N–H and O–H groups in total. The molecule has 1 aliphatic heterocycles. The highest BCUT2D eigenvalue weighted by Gasteiger charge is 2.47. The summed E-state index contributed by atoms with van der Waals surface area (Å²) in [6.07, 6.45) is 5.01. The molecule has 0 radical (unpaired) electrons. The summed E-state index contributed by atoms with van der Waals surface area (Å²) in [6.45, 7) is 4.94. The second-order valence-corrected chi connectivity index (χ2v) is 4.46. The van der Waals surface area contributed by atoms with Gasteiger partial charge in [0.15, 0.2) is 0 Å². The molecular weight excluding hydrogens is 176 g/mol. The average Bonchev–Trinajstić information content (AvgIpc) is 2.86. The Balaban J connectivity index is 1.96. The van der Waals surface area contributed by atoms with Crippen LogP contribution in [0.5, 0.6) is 0 Å². The van der Waals surface area contributed by atoms with Gasteiger partial charge in [0.05, 0.1) is 12.7 Å². The van der Waals surface area contributed by atoms with Crippen molar-refractivity contribution in [1.82, 2.24) is 10.2 Å². The number of amides is 1. The van der Waals surface area contributed by atoms with E-state index in [2.05, 4.69) is 24.1 Å². The minimum atomic E-state index is 0.310. The Morgan fingerprint density at radius 3 is 2.86 bits per heavy atom. The minimum Gasteiger partial charge on any atom is -0.323 e. The maximum absolute atomic E-state index is 11.7. The summed E-state index contributed by atoms with van der Waals surface area (Å²) in [7, 11) is 0. The fourth-order valence-electron chi connectivity index (χ4n) is 2.51. The Morgan fingerprint density at radius 1 is 1.50 bits per heavy atom. The third kappa shape index (κ3) is 1.65. The first-order chi connectivity index (χ1) is 6.77. The summed E-state index contributed by atoms with van der Waals surface area (Å²) in [5.41, 5.74) is 0. The van der Waals surface area contributed by atoms with Crippen LogP contribution in [0.25, 0.3) is 0 Å². The molecule has 0 spiro atoms. The monoisotopic (exact) mass is 196 g/mol. The van der Waals surface area contributed by atoms with Crippen molar-refractivity contribution in [2.75, 3.05) is 6.54 Å².